The van der Waals surface area contributed by atoms with Gasteiger partial charge in [-0.05, 0) is 32.0 Å². The summed E-state index contributed by atoms with van der Waals surface area (Å²) in [6.07, 6.45) is 0. The molecule has 0 aliphatic rings. The van der Waals surface area contributed by atoms with Gasteiger partial charge in [0.25, 0.3) is 10.0 Å². The van der Waals surface area contributed by atoms with Crippen LogP contribution < -0.4 is 4.72 Å². The van der Waals surface area contributed by atoms with Crippen LogP contribution in [0.2, 0.25) is 0 Å². The fourth-order valence-electron chi connectivity index (χ4n) is 2.01. The molecule has 8 heteroatoms. The SMILES string of the molecule is Cc1oc(C)c(S(=O)(=O)Nc2ccc(Br)cc2F)c1CO. The maximum absolute atomic E-state index is 13.8. The molecule has 1 aromatic carbocycles. The van der Waals surface area contributed by atoms with Crippen molar-refractivity contribution >= 4 is 31.6 Å². The van der Waals surface area contributed by atoms with Crippen molar-refractivity contribution in [3.8, 4) is 0 Å². The molecule has 0 saturated heterocycles. The van der Waals surface area contributed by atoms with Gasteiger partial charge in [0, 0.05) is 10.0 Å². The van der Waals surface area contributed by atoms with E-state index < -0.39 is 22.4 Å². The lowest BCUT2D eigenvalue weighted by Crippen LogP contribution is -2.16. The number of sulfonamides is 1. The number of benzene rings is 1. The lowest BCUT2D eigenvalue weighted by Gasteiger charge is -2.09. The molecular weight excluding hydrogens is 365 g/mol. The van der Waals surface area contributed by atoms with Crippen molar-refractivity contribution in [2.45, 2.75) is 25.3 Å². The van der Waals surface area contributed by atoms with Crippen LogP contribution >= 0.6 is 15.9 Å². The third-order valence-corrected chi connectivity index (χ3v) is 4.98. The highest BCUT2D eigenvalue weighted by atomic mass is 79.9. The number of aryl methyl sites for hydroxylation is 2. The number of halogens is 2. The summed E-state index contributed by atoms with van der Waals surface area (Å²) in [4.78, 5) is -0.162. The second kappa shape index (κ2) is 5.78. The average molecular weight is 378 g/mol. The molecule has 0 bridgehead atoms. The predicted molar refractivity (Wildman–Crippen MR) is 79.0 cm³/mol. The highest BCUT2D eigenvalue weighted by Gasteiger charge is 2.27. The minimum Gasteiger partial charge on any atom is -0.465 e. The molecule has 21 heavy (non-hydrogen) atoms. The van der Waals surface area contributed by atoms with E-state index in [4.69, 9.17) is 4.42 Å². The normalized spacial score (nSPS) is 11.7. The topological polar surface area (TPSA) is 79.5 Å². The molecule has 0 fully saturated rings. The van der Waals surface area contributed by atoms with Crippen LogP contribution in [0, 0.1) is 19.7 Å². The molecule has 2 rings (SSSR count). The highest BCUT2D eigenvalue weighted by molar-refractivity contribution is 9.10. The minimum absolute atomic E-state index is 0.140. The third-order valence-electron chi connectivity index (χ3n) is 2.93. The van der Waals surface area contributed by atoms with Gasteiger partial charge in [0.15, 0.2) is 0 Å². The van der Waals surface area contributed by atoms with Crippen LogP contribution in [0.1, 0.15) is 17.1 Å². The first kappa shape index (κ1) is 16.0. The molecule has 0 radical (unpaired) electrons. The van der Waals surface area contributed by atoms with Gasteiger partial charge in [-0.3, -0.25) is 4.72 Å². The molecule has 0 spiro atoms. The number of rotatable bonds is 4. The van der Waals surface area contributed by atoms with Crippen molar-refractivity contribution in [1.82, 2.24) is 0 Å². The summed E-state index contributed by atoms with van der Waals surface area (Å²) >= 11 is 3.09. The molecule has 1 heterocycles. The molecule has 0 aliphatic carbocycles. The van der Waals surface area contributed by atoms with Crippen molar-refractivity contribution in [3.63, 3.8) is 0 Å². The van der Waals surface area contributed by atoms with Crippen molar-refractivity contribution in [3.05, 3.63) is 45.6 Å². The zero-order chi connectivity index (χ0) is 15.8. The van der Waals surface area contributed by atoms with Gasteiger partial charge in [0.05, 0.1) is 12.3 Å². The molecule has 0 saturated carbocycles. The number of furan rings is 1. The maximum Gasteiger partial charge on any atom is 0.265 e. The molecule has 1 aromatic heterocycles. The van der Waals surface area contributed by atoms with Gasteiger partial charge >= 0.3 is 0 Å². The average Bonchev–Trinajstić information content (AvgIpc) is 2.67. The van der Waals surface area contributed by atoms with Crippen LogP contribution in [-0.2, 0) is 16.6 Å². The van der Waals surface area contributed by atoms with Crippen molar-refractivity contribution < 1.29 is 22.3 Å². The fraction of sp³-hybridized carbons (Fsp3) is 0.231. The Hall–Kier alpha value is -1.38. The monoisotopic (exact) mass is 377 g/mol. The Balaban J connectivity index is 2.48. The van der Waals surface area contributed by atoms with Crippen molar-refractivity contribution in [2.75, 3.05) is 4.72 Å². The Bertz CT molecular complexity index is 786. The van der Waals surface area contributed by atoms with Gasteiger partial charge in [0.2, 0.25) is 0 Å². The standard InChI is InChI=1S/C13H13BrFNO4S/c1-7-10(6-17)13(8(2)20-7)21(18,19)16-12-4-3-9(14)5-11(12)15/h3-5,16-17H,6H2,1-2H3. The van der Waals surface area contributed by atoms with Crippen LogP contribution in [0.4, 0.5) is 10.1 Å². The van der Waals surface area contributed by atoms with Gasteiger partial charge in [-0.15, -0.1) is 0 Å². The number of anilines is 1. The second-order valence-electron chi connectivity index (χ2n) is 4.41. The van der Waals surface area contributed by atoms with E-state index in [1.165, 1.54) is 19.1 Å². The number of hydrogen-bond donors (Lipinski definition) is 2. The van der Waals surface area contributed by atoms with Gasteiger partial charge < -0.3 is 9.52 Å². The molecule has 114 valence electrons. The lowest BCUT2D eigenvalue weighted by molar-refractivity contribution is 0.276. The largest absolute Gasteiger partial charge is 0.465 e. The van der Waals surface area contributed by atoms with E-state index in [0.717, 1.165) is 6.07 Å². The summed E-state index contributed by atoms with van der Waals surface area (Å²) in [5.41, 5.74) is -0.0159. The Morgan fingerprint density at radius 1 is 1.33 bits per heavy atom. The molecule has 0 unspecified atom stereocenters. The molecule has 2 N–H and O–H groups in total. The summed E-state index contributed by atoms with van der Waals surface area (Å²) in [5.74, 6) is -0.260. The van der Waals surface area contributed by atoms with E-state index in [-0.39, 0.29) is 21.9 Å². The van der Waals surface area contributed by atoms with Crippen LogP contribution in [0.3, 0.4) is 0 Å². The first-order valence-electron chi connectivity index (χ1n) is 5.94. The fourth-order valence-corrected chi connectivity index (χ4v) is 3.86. The van der Waals surface area contributed by atoms with Crippen LogP contribution in [-0.4, -0.2) is 13.5 Å². The molecule has 0 amide bonds. The maximum atomic E-state index is 13.8. The number of hydrogen-bond acceptors (Lipinski definition) is 4. The summed E-state index contributed by atoms with van der Waals surface area (Å²) in [6, 6.07) is 3.97. The number of aliphatic hydroxyl groups is 1. The zero-order valence-corrected chi connectivity index (χ0v) is 13.7. The van der Waals surface area contributed by atoms with Crippen LogP contribution in [0.15, 0.2) is 32.0 Å². The van der Waals surface area contributed by atoms with Crippen molar-refractivity contribution in [1.29, 1.82) is 0 Å². The molecule has 2 aromatic rings. The minimum atomic E-state index is -4.06. The highest BCUT2D eigenvalue weighted by Crippen LogP contribution is 2.29. The van der Waals surface area contributed by atoms with E-state index in [0.29, 0.717) is 10.2 Å². The van der Waals surface area contributed by atoms with Gasteiger partial charge in [-0.25, -0.2) is 12.8 Å². The summed E-state index contributed by atoms with van der Waals surface area (Å²) in [7, 11) is -4.06. The number of aliphatic hydroxyl groups excluding tert-OH is 1. The number of nitrogens with one attached hydrogen (secondary N) is 1. The Labute approximate surface area is 130 Å². The zero-order valence-electron chi connectivity index (χ0n) is 11.3. The van der Waals surface area contributed by atoms with E-state index >= 15 is 0 Å². The van der Waals surface area contributed by atoms with E-state index in [1.807, 2.05) is 0 Å². The van der Waals surface area contributed by atoms with E-state index in [1.54, 1.807) is 6.92 Å². The van der Waals surface area contributed by atoms with E-state index in [2.05, 4.69) is 20.7 Å². The van der Waals surface area contributed by atoms with Crippen LogP contribution in [0.5, 0.6) is 0 Å². The molecule has 5 nitrogen and oxygen atoms in total. The first-order chi connectivity index (χ1) is 9.76. The Morgan fingerprint density at radius 3 is 2.57 bits per heavy atom. The predicted octanol–water partition coefficient (Wildman–Crippen LogP) is 3.09. The Kier molecular flexibility index (Phi) is 4.40. The van der Waals surface area contributed by atoms with E-state index in [9.17, 15) is 17.9 Å². The molecule has 0 atom stereocenters. The Morgan fingerprint density at radius 2 is 2.00 bits per heavy atom. The molecular formula is C13H13BrFNO4S. The lowest BCUT2D eigenvalue weighted by atomic mass is 10.2. The van der Waals surface area contributed by atoms with Crippen LogP contribution in [0.25, 0.3) is 0 Å². The molecule has 0 aliphatic heterocycles. The summed E-state index contributed by atoms with van der Waals surface area (Å²) in [6.45, 7) is 2.54. The van der Waals surface area contributed by atoms with Gasteiger partial charge in [-0.1, -0.05) is 15.9 Å². The quantitative estimate of drug-likeness (QED) is 0.857. The summed E-state index contributed by atoms with van der Waals surface area (Å²) < 4.78 is 46.4. The first-order valence-corrected chi connectivity index (χ1v) is 8.21. The van der Waals surface area contributed by atoms with Gasteiger partial charge in [0.1, 0.15) is 22.2 Å². The smallest absolute Gasteiger partial charge is 0.265 e. The van der Waals surface area contributed by atoms with Crippen molar-refractivity contribution in [2.24, 2.45) is 0 Å². The summed E-state index contributed by atoms with van der Waals surface area (Å²) in [5, 5.41) is 9.30. The van der Waals surface area contributed by atoms with Gasteiger partial charge in [-0.2, -0.15) is 0 Å². The second-order valence-corrected chi connectivity index (χ2v) is 6.94. The third kappa shape index (κ3) is 3.12.